The van der Waals surface area contributed by atoms with Gasteiger partial charge in [-0.25, -0.2) is 14.8 Å². The fourth-order valence-electron chi connectivity index (χ4n) is 11.5. The summed E-state index contributed by atoms with van der Waals surface area (Å²) in [4.78, 5) is 64.1. The third kappa shape index (κ3) is 6.40. The van der Waals surface area contributed by atoms with Gasteiger partial charge in [-0.2, -0.15) is 10.2 Å². The Balaban J connectivity index is 0.703. The maximum absolute atomic E-state index is 14.3. The first-order chi connectivity index (χ1) is 31.5. The normalized spacial score (nSPS) is 26.1. The minimum Gasteiger partial charge on any atom is -0.380 e. The van der Waals surface area contributed by atoms with E-state index in [2.05, 4.69) is 52.9 Å². The number of methoxy groups -OCH3 is 1. The van der Waals surface area contributed by atoms with Crippen LogP contribution in [-0.4, -0.2) is 132 Å². The standard InChI is InChI=1S/C46H54N14O5/c1-47-37-23-35(49-36-13-19-59(60(36)37)32-10-11-34(32)65-3)48-31-7-5-18-56(43(31)63)38-22-28-24-57(46(14-15-46)27-58(28)51-38)44(64)55-25-45(26-55)16-20-54(21-17-45)33-8-4-6-29-40(52-53(2)41(29)33)30-9-12-39(61)50-42(30)62/h4-8,13,18,22-23,30,32,34,48-49H,9-12,14-17,19-21,24-27H2,1-3H3,(H,50,61,62)/t30?,32-,34-/m1/s1. The molecule has 3 atom stereocenters. The lowest BCUT2D eigenvalue weighted by molar-refractivity contribution is -0.134. The van der Waals surface area contributed by atoms with Crippen molar-refractivity contribution >= 4 is 46.0 Å². The number of likely N-dealkylation sites (tertiary alicyclic amines) is 1. The van der Waals surface area contributed by atoms with Gasteiger partial charge < -0.3 is 30.1 Å². The second kappa shape index (κ2) is 14.8. The Bertz CT molecular complexity index is 2820. The molecular formula is C46H54N14O5. The van der Waals surface area contributed by atoms with E-state index in [1.54, 1.807) is 31.0 Å². The van der Waals surface area contributed by atoms with E-state index in [4.69, 9.17) is 14.9 Å². The van der Waals surface area contributed by atoms with Crippen molar-refractivity contribution < 1.29 is 19.1 Å². The third-order valence-electron chi connectivity index (χ3n) is 15.4. The Morgan fingerprint density at radius 2 is 1.82 bits per heavy atom. The zero-order valence-electron chi connectivity index (χ0n) is 37.0. The number of ether oxygens (including phenoxy) is 1. The smallest absolute Gasteiger partial charge is 0.320 e. The van der Waals surface area contributed by atoms with Gasteiger partial charge in [-0.05, 0) is 69.2 Å². The quantitative estimate of drug-likeness (QED) is 0.231. The minimum absolute atomic E-state index is 0.0810. The summed E-state index contributed by atoms with van der Waals surface area (Å²) >= 11 is 0. The zero-order chi connectivity index (χ0) is 44.4. The molecule has 9 heterocycles. The van der Waals surface area contributed by atoms with Crippen LogP contribution in [0, 0.1) is 5.41 Å². The van der Waals surface area contributed by atoms with Crippen molar-refractivity contribution in [3.05, 3.63) is 88.1 Å². The summed E-state index contributed by atoms with van der Waals surface area (Å²) in [6, 6.07) is 12.1. The number of piperidine rings is 2. The number of nitrogens with zero attached hydrogens (tertiary/aromatic N) is 11. The lowest BCUT2D eigenvalue weighted by Gasteiger charge is -2.55. The van der Waals surface area contributed by atoms with E-state index >= 15 is 0 Å². The van der Waals surface area contributed by atoms with Crippen LogP contribution in [0.15, 0.2) is 76.2 Å². The number of aromatic nitrogens is 5. The molecule has 3 saturated heterocycles. The monoisotopic (exact) mass is 882 g/mol. The molecule has 3 aromatic heterocycles. The highest BCUT2D eigenvalue weighted by Crippen LogP contribution is 2.49. The number of anilines is 2. The van der Waals surface area contributed by atoms with Gasteiger partial charge in [0.05, 0.1) is 59.3 Å². The number of hydrogen-bond acceptors (Lipinski definition) is 12. The van der Waals surface area contributed by atoms with Crippen LogP contribution in [0.5, 0.6) is 0 Å². The van der Waals surface area contributed by atoms with Gasteiger partial charge in [0.15, 0.2) is 5.82 Å². The number of fused-ring (bicyclic) bond motifs is 3. The van der Waals surface area contributed by atoms with Crippen LogP contribution in [0.25, 0.3) is 16.7 Å². The molecule has 0 radical (unpaired) electrons. The van der Waals surface area contributed by atoms with Gasteiger partial charge in [-0.3, -0.25) is 38.6 Å². The number of hydrazine groups is 1. The first kappa shape index (κ1) is 40.1. The minimum atomic E-state index is -0.448. The zero-order valence-corrected chi connectivity index (χ0v) is 37.0. The lowest BCUT2D eigenvalue weighted by Crippen LogP contribution is -2.65. The first-order valence-electron chi connectivity index (χ1n) is 23.0. The number of benzene rings is 1. The van der Waals surface area contributed by atoms with Crippen molar-refractivity contribution in [2.75, 3.05) is 57.1 Å². The van der Waals surface area contributed by atoms with Gasteiger partial charge in [0, 0.05) is 89.5 Å². The van der Waals surface area contributed by atoms with Crippen LogP contribution in [0.3, 0.4) is 0 Å². The molecule has 19 nitrogen and oxygen atoms in total. The number of nitrogens with one attached hydrogen (secondary N) is 3. The number of carbonyl (C=O) groups is 3. The van der Waals surface area contributed by atoms with Gasteiger partial charge >= 0.3 is 6.03 Å². The highest BCUT2D eigenvalue weighted by Gasteiger charge is 2.57. The van der Waals surface area contributed by atoms with Crippen LogP contribution in [-0.2, 0) is 34.5 Å². The van der Waals surface area contributed by atoms with E-state index in [0.29, 0.717) is 43.3 Å². The number of amidine groups is 1. The number of para-hydroxylation sites is 1. The van der Waals surface area contributed by atoms with Crippen LogP contribution in [0.1, 0.15) is 68.7 Å². The van der Waals surface area contributed by atoms with Gasteiger partial charge in [0.1, 0.15) is 23.2 Å². The maximum Gasteiger partial charge on any atom is 0.320 e. The molecule has 0 bridgehead atoms. The van der Waals surface area contributed by atoms with Crippen LogP contribution < -0.4 is 26.4 Å². The topological polar surface area (TPSA) is 183 Å². The number of hydrogen-bond donors (Lipinski definition) is 3. The Hall–Kier alpha value is -6.47. The first-order valence-corrected chi connectivity index (χ1v) is 23.0. The molecule has 1 aromatic carbocycles. The van der Waals surface area contributed by atoms with Gasteiger partial charge in [-0.1, -0.05) is 12.1 Å². The fraction of sp³-hybridized carbons (Fsp3) is 0.500. The van der Waals surface area contributed by atoms with Crippen LogP contribution >= 0.6 is 0 Å². The predicted octanol–water partition coefficient (Wildman–Crippen LogP) is 2.95. The second-order valence-corrected chi connectivity index (χ2v) is 19.2. The Morgan fingerprint density at radius 3 is 2.55 bits per heavy atom. The van der Waals surface area contributed by atoms with Crippen LogP contribution in [0.4, 0.5) is 16.2 Å². The van der Waals surface area contributed by atoms with E-state index in [1.165, 1.54) is 0 Å². The number of aliphatic imine (C=N–C) groups is 1. The molecule has 3 N–H and O–H groups in total. The molecule has 4 aromatic rings. The number of amides is 4. The number of aryl methyl sites for hydroxylation is 1. The molecule has 338 valence electrons. The highest BCUT2D eigenvalue weighted by molar-refractivity contribution is 6.03. The molecule has 19 heteroatoms. The molecule has 65 heavy (non-hydrogen) atoms. The average molecular weight is 883 g/mol. The van der Waals surface area contributed by atoms with Crippen molar-refractivity contribution in [2.45, 2.75) is 88.1 Å². The predicted molar refractivity (Wildman–Crippen MR) is 241 cm³/mol. The van der Waals surface area contributed by atoms with Crippen molar-refractivity contribution in [1.82, 2.24) is 54.6 Å². The van der Waals surface area contributed by atoms with E-state index in [-0.39, 0.29) is 46.5 Å². The molecule has 2 aliphatic carbocycles. The van der Waals surface area contributed by atoms with Crippen molar-refractivity contribution in [2.24, 2.45) is 17.5 Å². The summed E-state index contributed by atoms with van der Waals surface area (Å²) in [5.41, 5.74) is 3.71. The van der Waals surface area contributed by atoms with Gasteiger partial charge in [0.2, 0.25) is 11.8 Å². The highest BCUT2D eigenvalue weighted by atomic mass is 16.5. The van der Waals surface area contributed by atoms with Gasteiger partial charge in [0.25, 0.3) is 5.56 Å². The molecule has 1 unspecified atom stereocenters. The van der Waals surface area contributed by atoms with Crippen molar-refractivity contribution in [3.8, 4) is 5.82 Å². The van der Waals surface area contributed by atoms with E-state index < -0.39 is 5.92 Å². The number of rotatable bonds is 7. The van der Waals surface area contributed by atoms with E-state index in [9.17, 15) is 19.2 Å². The lowest BCUT2D eigenvalue weighted by atomic mass is 9.72. The molecule has 12 rings (SSSR count). The van der Waals surface area contributed by atoms with E-state index in [1.807, 2.05) is 51.7 Å². The number of imide groups is 1. The Labute approximate surface area is 375 Å². The molecule has 5 fully saturated rings. The van der Waals surface area contributed by atoms with Crippen molar-refractivity contribution in [3.63, 3.8) is 0 Å². The molecule has 2 saturated carbocycles. The summed E-state index contributed by atoms with van der Waals surface area (Å²) in [6.45, 7) is 4.98. The number of urea groups is 1. The van der Waals surface area contributed by atoms with Gasteiger partial charge in [-0.15, -0.1) is 0 Å². The molecular weight excluding hydrogens is 829 g/mol. The van der Waals surface area contributed by atoms with Crippen molar-refractivity contribution in [1.29, 1.82) is 0 Å². The van der Waals surface area contributed by atoms with E-state index in [0.717, 1.165) is 111 Å². The molecule has 8 aliphatic rings. The summed E-state index contributed by atoms with van der Waals surface area (Å²) in [7, 11) is 5.46. The fourth-order valence-corrected chi connectivity index (χ4v) is 11.5. The molecule has 6 aliphatic heterocycles. The Morgan fingerprint density at radius 1 is 0.985 bits per heavy atom. The number of carbonyl (C=O) groups excluding carboxylic acids is 3. The largest absolute Gasteiger partial charge is 0.380 e. The summed E-state index contributed by atoms with van der Waals surface area (Å²) in [5.74, 6) is 1.87. The SMILES string of the molecule is CN=C1C=C(Nc2cccn(-c3cc4n(n3)CC3(CC3)N(C(=O)N3CC5(CCN(c6cccc7c(C8CCC(=O)NC8=O)nn(C)c67)CC5)C3)C4)c2=O)NC2=CCN([C@@H]3CC[C@H]3OC)N21. The summed E-state index contributed by atoms with van der Waals surface area (Å²) < 4.78 is 11.1. The summed E-state index contributed by atoms with van der Waals surface area (Å²) in [5, 5.41) is 24.3. The second-order valence-electron chi connectivity index (χ2n) is 19.2. The number of pyridine rings is 1. The molecule has 2 spiro atoms. The Kier molecular flexibility index (Phi) is 9.11. The third-order valence-corrected chi connectivity index (χ3v) is 15.4. The van der Waals surface area contributed by atoms with Crippen LogP contribution in [0.2, 0.25) is 0 Å². The average Bonchev–Trinajstić information content (AvgIpc) is 3.54. The molecule has 4 amide bonds. The summed E-state index contributed by atoms with van der Waals surface area (Å²) in [6.07, 6.45) is 12.6. The maximum atomic E-state index is 14.3.